The molecule has 0 saturated carbocycles. The van der Waals surface area contributed by atoms with Crippen molar-refractivity contribution in [3.8, 4) is 0 Å². The van der Waals surface area contributed by atoms with Crippen molar-refractivity contribution in [1.29, 1.82) is 0 Å². The molecule has 0 bridgehead atoms. The Balaban J connectivity index is 2.53. The number of aliphatic hydroxyl groups is 1. The van der Waals surface area contributed by atoms with E-state index < -0.39 is 5.97 Å². The monoisotopic (exact) mass is 201 g/mol. The molecule has 1 aliphatic heterocycles. The number of hydrogen-bond donors (Lipinski definition) is 2. The molecule has 2 atom stereocenters. The van der Waals surface area contributed by atoms with E-state index in [2.05, 4.69) is 0 Å². The molecule has 1 aliphatic rings. The highest BCUT2D eigenvalue weighted by atomic mass is 16.4. The minimum atomic E-state index is -0.744. The number of aliphatic hydroxyl groups excluding tert-OH is 1. The third-order valence-corrected chi connectivity index (χ3v) is 2.92. The summed E-state index contributed by atoms with van der Waals surface area (Å²) < 4.78 is 0. The number of piperidine rings is 1. The Kier molecular flexibility index (Phi) is 4.35. The van der Waals surface area contributed by atoms with E-state index in [1.165, 1.54) is 0 Å². The zero-order valence-electron chi connectivity index (χ0n) is 8.65. The van der Waals surface area contributed by atoms with Gasteiger partial charge >= 0.3 is 5.97 Å². The molecule has 0 aliphatic carbocycles. The molecule has 1 saturated heterocycles. The molecule has 0 aromatic heterocycles. The fourth-order valence-corrected chi connectivity index (χ4v) is 2.12. The molecule has 1 heterocycles. The maximum absolute atomic E-state index is 10.9. The van der Waals surface area contributed by atoms with E-state index in [9.17, 15) is 4.79 Å². The molecule has 4 nitrogen and oxygen atoms in total. The van der Waals surface area contributed by atoms with Crippen molar-refractivity contribution in [3.05, 3.63) is 0 Å². The van der Waals surface area contributed by atoms with Gasteiger partial charge in [-0.15, -0.1) is 0 Å². The van der Waals surface area contributed by atoms with E-state index in [0.29, 0.717) is 6.42 Å². The van der Waals surface area contributed by atoms with E-state index in [1.807, 2.05) is 11.8 Å². The summed E-state index contributed by atoms with van der Waals surface area (Å²) >= 11 is 0. The quantitative estimate of drug-likeness (QED) is 0.697. The number of hydrogen-bond acceptors (Lipinski definition) is 3. The molecule has 0 amide bonds. The summed E-state index contributed by atoms with van der Waals surface area (Å²) in [6, 6.07) is -0.371. The first kappa shape index (κ1) is 11.5. The molecule has 0 aromatic carbocycles. The van der Waals surface area contributed by atoms with Crippen molar-refractivity contribution in [2.45, 2.75) is 32.2 Å². The average molecular weight is 201 g/mol. The van der Waals surface area contributed by atoms with Crippen LogP contribution in [-0.4, -0.2) is 46.8 Å². The molecule has 14 heavy (non-hydrogen) atoms. The lowest BCUT2D eigenvalue weighted by Gasteiger charge is -2.35. The summed E-state index contributed by atoms with van der Waals surface area (Å²) in [7, 11) is 0. The highest BCUT2D eigenvalue weighted by molar-refractivity contribution is 5.73. The lowest BCUT2D eigenvalue weighted by Crippen LogP contribution is -2.47. The molecule has 1 fully saturated rings. The topological polar surface area (TPSA) is 60.8 Å². The fourth-order valence-electron chi connectivity index (χ4n) is 2.12. The van der Waals surface area contributed by atoms with Crippen LogP contribution in [0.4, 0.5) is 0 Å². The molecular weight excluding hydrogens is 182 g/mol. The van der Waals surface area contributed by atoms with Crippen LogP contribution in [0, 0.1) is 5.92 Å². The SMILES string of the molecule is CC[C@@H](C(=O)O)N1CCC[C@@H](CO)C1. The van der Waals surface area contributed by atoms with Crippen LogP contribution < -0.4 is 0 Å². The van der Waals surface area contributed by atoms with Gasteiger partial charge in [0.1, 0.15) is 6.04 Å². The van der Waals surface area contributed by atoms with Gasteiger partial charge in [-0.2, -0.15) is 0 Å². The van der Waals surface area contributed by atoms with Crippen LogP contribution in [-0.2, 0) is 4.79 Å². The highest BCUT2D eigenvalue weighted by Crippen LogP contribution is 2.19. The van der Waals surface area contributed by atoms with E-state index in [4.69, 9.17) is 10.2 Å². The van der Waals surface area contributed by atoms with Crippen molar-refractivity contribution in [3.63, 3.8) is 0 Å². The van der Waals surface area contributed by atoms with Crippen LogP contribution in [0.25, 0.3) is 0 Å². The Morgan fingerprint density at radius 2 is 2.36 bits per heavy atom. The van der Waals surface area contributed by atoms with Gasteiger partial charge in [0, 0.05) is 13.2 Å². The Morgan fingerprint density at radius 1 is 1.64 bits per heavy atom. The van der Waals surface area contributed by atoms with Crippen molar-refractivity contribution in [1.82, 2.24) is 4.90 Å². The predicted octanol–water partition coefficient (Wildman–Crippen LogP) is 0.554. The lowest BCUT2D eigenvalue weighted by atomic mass is 9.97. The number of aliphatic carboxylic acids is 1. The van der Waals surface area contributed by atoms with E-state index in [0.717, 1.165) is 25.9 Å². The predicted molar refractivity (Wildman–Crippen MR) is 53.1 cm³/mol. The molecule has 0 aromatic rings. The number of rotatable bonds is 4. The Hall–Kier alpha value is -0.610. The highest BCUT2D eigenvalue weighted by Gasteiger charge is 2.28. The molecule has 2 N–H and O–H groups in total. The van der Waals surface area contributed by atoms with Gasteiger partial charge in [0.05, 0.1) is 0 Å². The summed E-state index contributed by atoms with van der Waals surface area (Å²) in [5, 5.41) is 18.0. The van der Waals surface area contributed by atoms with Crippen molar-refractivity contribution >= 4 is 5.97 Å². The number of carbonyl (C=O) groups is 1. The van der Waals surface area contributed by atoms with Crippen molar-refractivity contribution < 1.29 is 15.0 Å². The van der Waals surface area contributed by atoms with Crippen LogP contribution in [0.3, 0.4) is 0 Å². The number of carboxylic acids is 1. The molecule has 0 radical (unpaired) electrons. The van der Waals surface area contributed by atoms with Gasteiger partial charge in [0.25, 0.3) is 0 Å². The summed E-state index contributed by atoms with van der Waals surface area (Å²) in [6.07, 6.45) is 2.64. The van der Waals surface area contributed by atoms with Gasteiger partial charge in [0.15, 0.2) is 0 Å². The molecule has 0 spiro atoms. The van der Waals surface area contributed by atoms with E-state index in [1.54, 1.807) is 0 Å². The zero-order chi connectivity index (χ0) is 10.6. The standard InChI is InChI=1S/C10H19NO3/c1-2-9(10(13)14)11-5-3-4-8(6-11)7-12/h8-9,12H,2-7H2,1H3,(H,13,14)/t8-,9+/m1/s1. The summed E-state index contributed by atoms with van der Waals surface area (Å²) in [5.74, 6) is -0.483. The van der Waals surface area contributed by atoms with E-state index >= 15 is 0 Å². The smallest absolute Gasteiger partial charge is 0.320 e. The molecular formula is C10H19NO3. The van der Waals surface area contributed by atoms with Crippen molar-refractivity contribution in [2.24, 2.45) is 5.92 Å². The summed E-state index contributed by atoms with van der Waals surface area (Å²) in [4.78, 5) is 12.9. The lowest BCUT2D eigenvalue weighted by molar-refractivity contribution is -0.144. The minimum Gasteiger partial charge on any atom is -0.480 e. The second kappa shape index (κ2) is 5.32. The van der Waals surface area contributed by atoms with Gasteiger partial charge in [-0.1, -0.05) is 6.92 Å². The van der Waals surface area contributed by atoms with Crippen LogP contribution in [0.15, 0.2) is 0 Å². The van der Waals surface area contributed by atoms with Crippen LogP contribution in [0.2, 0.25) is 0 Å². The molecule has 4 heteroatoms. The Labute approximate surface area is 84.5 Å². The third-order valence-electron chi connectivity index (χ3n) is 2.92. The van der Waals surface area contributed by atoms with E-state index in [-0.39, 0.29) is 18.6 Å². The first-order chi connectivity index (χ1) is 6.69. The third kappa shape index (κ3) is 2.69. The molecule has 82 valence electrons. The number of carboxylic acid groups (broad SMARTS) is 1. The van der Waals surface area contributed by atoms with Crippen LogP contribution >= 0.6 is 0 Å². The fraction of sp³-hybridized carbons (Fsp3) is 0.900. The second-order valence-electron chi connectivity index (χ2n) is 3.95. The van der Waals surface area contributed by atoms with Gasteiger partial charge < -0.3 is 10.2 Å². The number of likely N-dealkylation sites (tertiary alicyclic amines) is 1. The van der Waals surface area contributed by atoms with Crippen molar-refractivity contribution in [2.75, 3.05) is 19.7 Å². The number of nitrogens with zero attached hydrogens (tertiary/aromatic N) is 1. The van der Waals surface area contributed by atoms with Gasteiger partial charge in [-0.25, -0.2) is 0 Å². The molecule has 1 rings (SSSR count). The Morgan fingerprint density at radius 3 is 2.86 bits per heavy atom. The summed E-state index contributed by atoms with van der Waals surface area (Å²) in [5.41, 5.74) is 0. The van der Waals surface area contributed by atoms with Gasteiger partial charge in [-0.05, 0) is 31.7 Å². The summed E-state index contributed by atoms with van der Waals surface area (Å²) in [6.45, 7) is 3.64. The first-order valence-corrected chi connectivity index (χ1v) is 5.26. The van der Waals surface area contributed by atoms with Crippen LogP contribution in [0.5, 0.6) is 0 Å². The Bertz CT molecular complexity index is 196. The maximum atomic E-state index is 10.9. The van der Waals surface area contributed by atoms with Gasteiger partial charge in [0.2, 0.25) is 0 Å². The maximum Gasteiger partial charge on any atom is 0.320 e. The minimum absolute atomic E-state index is 0.173. The molecule has 0 unspecified atom stereocenters. The van der Waals surface area contributed by atoms with Gasteiger partial charge in [-0.3, -0.25) is 9.69 Å². The first-order valence-electron chi connectivity index (χ1n) is 5.26. The van der Waals surface area contributed by atoms with Crippen LogP contribution in [0.1, 0.15) is 26.2 Å². The zero-order valence-corrected chi connectivity index (χ0v) is 8.65. The average Bonchev–Trinajstić information content (AvgIpc) is 2.19. The normalized spacial score (nSPS) is 26.0. The second-order valence-corrected chi connectivity index (χ2v) is 3.95. The largest absolute Gasteiger partial charge is 0.480 e.